The predicted octanol–water partition coefficient (Wildman–Crippen LogP) is 3.32. The first kappa shape index (κ1) is 15.6. The van der Waals surface area contributed by atoms with Gasteiger partial charge in [-0.2, -0.15) is 0 Å². The number of benzene rings is 2. The normalized spacial score (nSPS) is 10.5. The van der Waals surface area contributed by atoms with Crippen LogP contribution in [0.15, 0.2) is 53.7 Å². The first-order chi connectivity index (χ1) is 10.7. The minimum absolute atomic E-state index is 0.192. The fourth-order valence-electron chi connectivity index (χ4n) is 1.88. The van der Waals surface area contributed by atoms with Gasteiger partial charge >= 0.3 is 0 Å². The number of ether oxygens (including phenoxy) is 1. The Bertz CT molecular complexity index is 651. The summed E-state index contributed by atoms with van der Waals surface area (Å²) in [5.41, 5.74) is 2.06. The van der Waals surface area contributed by atoms with Crippen molar-refractivity contribution in [2.24, 2.45) is 5.16 Å². The third-order valence-electron chi connectivity index (χ3n) is 2.92. The molecule has 2 aromatic rings. The zero-order valence-corrected chi connectivity index (χ0v) is 12.6. The van der Waals surface area contributed by atoms with Gasteiger partial charge < -0.3 is 14.9 Å². The standard InChI is InChI=1S/C17H18N2O3/c1-3-22-16-7-5-4-6-15(16)19-17(20)14-10-8-13(9-11-14)12-18-21-2/h4-12H,3H2,1-2H3,(H,19,20)/b18-12+. The van der Waals surface area contributed by atoms with Crippen molar-refractivity contribution in [2.75, 3.05) is 19.0 Å². The topological polar surface area (TPSA) is 59.9 Å². The number of carbonyl (C=O) groups is 1. The Labute approximate surface area is 129 Å². The molecule has 0 aliphatic heterocycles. The SMILES string of the molecule is CCOc1ccccc1NC(=O)c1ccc(/C=N/OC)cc1. The maximum atomic E-state index is 12.3. The van der Waals surface area contributed by atoms with E-state index >= 15 is 0 Å². The lowest BCUT2D eigenvalue weighted by Gasteiger charge is -2.11. The molecule has 1 amide bonds. The molecule has 5 heteroatoms. The molecule has 0 unspecified atom stereocenters. The fourth-order valence-corrected chi connectivity index (χ4v) is 1.88. The minimum atomic E-state index is -0.192. The fraction of sp³-hybridized carbons (Fsp3) is 0.176. The lowest BCUT2D eigenvalue weighted by Crippen LogP contribution is -2.13. The molecule has 0 atom stereocenters. The van der Waals surface area contributed by atoms with Gasteiger partial charge in [-0.3, -0.25) is 4.79 Å². The number of rotatable bonds is 6. The van der Waals surface area contributed by atoms with E-state index in [0.717, 1.165) is 5.56 Å². The van der Waals surface area contributed by atoms with Crippen LogP contribution >= 0.6 is 0 Å². The van der Waals surface area contributed by atoms with E-state index in [4.69, 9.17) is 4.74 Å². The number of para-hydroxylation sites is 2. The van der Waals surface area contributed by atoms with Crippen LogP contribution in [0.1, 0.15) is 22.8 Å². The van der Waals surface area contributed by atoms with E-state index < -0.39 is 0 Å². The van der Waals surface area contributed by atoms with Gasteiger partial charge in [0.25, 0.3) is 5.91 Å². The molecule has 0 spiro atoms. The average molecular weight is 298 g/mol. The first-order valence-corrected chi connectivity index (χ1v) is 6.94. The summed E-state index contributed by atoms with van der Waals surface area (Å²) >= 11 is 0. The summed E-state index contributed by atoms with van der Waals surface area (Å²) in [5, 5.41) is 6.53. The summed E-state index contributed by atoms with van der Waals surface area (Å²) in [6.07, 6.45) is 1.58. The zero-order chi connectivity index (χ0) is 15.8. The highest BCUT2D eigenvalue weighted by atomic mass is 16.6. The Kier molecular flexibility index (Phi) is 5.54. The molecule has 2 aromatic carbocycles. The number of nitrogens with zero attached hydrogens (tertiary/aromatic N) is 1. The Morgan fingerprint density at radius 2 is 1.91 bits per heavy atom. The highest BCUT2D eigenvalue weighted by Gasteiger charge is 2.09. The van der Waals surface area contributed by atoms with E-state index in [2.05, 4.69) is 15.3 Å². The van der Waals surface area contributed by atoms with Crippen LogP contribution in [-0.4, -0.2) is 25.8 Å². The van der Waals surface area contributed by atoms with Crippen LogP contribution in [-0.2, 0) is 4.84 Å². The Morgan fingerprint density at radius 3 is 2.59 bits per heavy atom. The number of hydrogen-bond donors (Lipinski definition) is 1. The molecule has 5 nitrogen and oxygen atoms in total. The van der Waals surface area contributed by atoms with Crippen LogP contribution in [0.3, 0.4) is 0 Å². The molecule has 0 saturated carbocycles. The first-order valence-electron chi connectivity index (χ1n) is 6.94. The molecule has 0 heterocycles. The summed E-state index contributed by atoms with van der Waals surface area (Å²) in [5.74, 6) is 0.463. The molecule has 2 rings (SSSR count). The van der Waals surface area contributed by atoms with Gasteiger partial charge in [0.1, 0.15) is 12.9 Å². The van der Waals surface area contributed by atoms with E-state index in [1.165, 1.54) is 7.11 Å². The lowest BCUT2D eigenvalue weighted by molar-refractivity contribution is 0.102. The van der Waals surface area contributed by atoms with Crippen molar-refractivity contribution in [3.63, 3.8) is 0 Å². The van der Waals surface area contributed by atoms with E-state index in [9.17, 15) is 4.79 Å². The van der Waals surface area contributed by atoms with Crippen LogP contribution in [0.4, 0.5) is 5.69 Å². The van der Waals surface area contributed by atoms with Gasteiger partial charge in [0, 0.05) is 5.56 Å². The zero-order valence-electron chi connectivity index (χ0n) is 12.6. The van der Waals surface area contributed by atoms with E-state index in [-0.39, 0.29) is 5.91 Å². The van der Waals surface area contributed by atoms with E-state index in [0.29, 0.717) is 23.6 Å². The molecule has 0 saturated heterocycles. The van der Waals surface area contributed by atoms with Crippen molar-refractivity contribution in [1.29, 1.82) is 0 Å². The molecule has 0 bridgehead atoms. The summed E-state index contributed by atoms with van der Waals surface area (Å²) in [4.78, 5) is 16.9. The molecule has 22 heavy (non-hydrogen) atoms. The molecule has 0 aliphatic carbocycles. The predicted molar refractivity (Wildman–Crippen MR) is 86.6 cm³/mol. The summed E-state index contributed by atoms with van der Waals surface area (Å²) < 4.78 is 5.49. The second kappa shape index (κ2) is 7.83. The van der Waals surface area contributed by atoms with Crippen LogP contribution in [0, 0.1) is 0 Å². The second-order valence-corrected chi connectivity index (χ2v) is 4.42. The minimum Gasteiger partial charge on any atom is -0.492 e. The maximum Gasteiger partial charge on any atom is 0.255 e. The molecule has 1 N–H and O–H groups in total. The van der Waals surface area contributed by atoms with Gasteiger partial charge in [-0.05, 0) is 36.8 Å². The van der Waals surface area contributed by atoms with Gasteiger partial charge in [0.05, 0.1) is 18.5 Å². The Hall–Kier alpha value is -2.82. The number of amides is 1. The van der Waals surface area contributed by atoms with Gasteiger partial charge in [0.15, 0.2) is 0 Å². The number of carbonyl (C=O) groups excluding carboxylic acids is 1. The van der Waals surface area contributed by atoms with E-state index in [1.54, 1.807) is 30.5 Å². The number of anilines is 1. The highest BCUT2D eigenvalue weighted by Crippen LogP contribution is 2.24. The Morgan fingerprint density at radius 1 is 1.18 bits per heavy atom. The van der Waals surface area contributed by atoms with Crippen molar-refractivity contribution in [3.8, 4) is 5.75 Å². The molecule has 0 aliphatic rings. The van der Waals surface area contributed by atoms with Crippen LogP contribution in [0.25, 0.3) is 0 Å². The third-order valence-corrected chi connectivity index (χ3v) is 2.92. The van der Waals surface area contributed by atoms with Crippen molar-refractivity contribution in [3.05, 3.63) is 59.7 Å². The number of oxime groups is 1. The van der Waals surface area contributed by atoms with Crippen LogP contribution in [0.2, 0.25) is 0 Å². The average Bonchev–Trinajstić information content (AvgIpc) is 2.55. The van der Waals surface area contributed by atoms with Crippen molar-refractivity contribution >= 4 is 17.8 Å². The van der Waals surface area contributed by atoms with Gasteiger partial charge in [-0.15, -0.1) is 0 Å². The molecule has 0 aromatic heterocycles. The molecule has 0 fully saturated rings. The third kappa shape index (κ3) is 4.09. The second-order valence-electron chi connectivity index (χ2n) is 4.42. The summed E-state index contributed by atoms with van der Waals surface area (Å²) in [6.45, 7) is 2.44. The van der Waals surface area contributed by atoms with E-state index in [1.807, 2.05) is 31.2 Å². The van der Waals surface area contributed by atoms with Crippen LogP contribution < -0.4 is 10.1 Å². The van der Waals surface area contributed by atoms with Crippen molar-refractivity contribution in [2.45, 2.75) is 6.92 Å². The lowest BCUT2D eigenvalue weighted by atomic mass is 10.1. The smallest absolute Gasteiger partial charge is 0.255 e. The number of hydrogen-bond acceptors (Lipinski definition) is 4. The maximum absolute atomic E-state index is 12.3. The quantitative estimate of drug-likeness (QED) is 0.657. The van der Waals surface area contributed by atoms with Crippen molar-refractivity contribution < 1.29 is 14.4 Å². The van der Waals surface area contributed by atoms with Gasteiger partial charge in [0.2, 0.25) is 0 Å². The highest BCUT2D eigenvalue weighted by molar-refractivity contribution is 6.05. The largest absolute Gasteiger partial charge is 0.492 e. The monoisotopic (exact) mass is 298 g/mol. The van der Waals surface area contributed by atoms with Crippen LogP contribution in [0.5, 0.6) is 5.75 Å². The molecule has 114 valence electrons. The van der Waals surface area contributed by atoms with Gasteiger partial charge in [-0.1, -0.05) is 29.4 Å². The number of nitrogens with one attached hydrogen (secondary N) is 1. The molecular formula is C17H18N2O3. The van der Waals surface area contributed by atoms with Gasteiger partial charge in [-0.25, -0.2) is 0 Å². The Balaban J connectivity index is 2.10. The molecular weight excluding hydrogens is 280 g/mol. The molecule has 0 radical (unpaired) electrons. The van der Waals surface area contributed by atoms with Crippen molar-refractivity contribution in [1.82, 2.24) is 0 Å². The summed E-state index contributed by atoms with van der Waals surface area (Å²) in [7, 11) is 1.48. The summed E-state index contributed by atoms with van der Waals surface area (Å²) in [6, 6.07) is 14.4.